The lowest BCUT2D eigenvalue weighted by Crippen LogP contribution is -2.51. The molecule has 170 valence electrons. The molecule has 3 heteroatoms. The van der Waals surface area contributed by atoms with Crippen LogP contribution in [0.4, 0.5) is 0 Å². The fraction of sp³-hybridized carbons (Fsp3) is 0.926. The van der Waals surface area contributed by atoms with Crippen molar-refractivity contribution in [1.82, 2.24) is 0 Å². The molecule has 0 heterocycles. The molecule has 0 bridgehead atoms. The van der Waals surface area contributed by atoms with Crippen molar-refractivity contribution in [3.05, 3.63) is 21.4 Å². The second-order valence-corrected chi connectivity index (χ2v) is 12.4. The molecule has 0 aliphatic heterocycles. The van der Waals surface area contributed by atoms with Crippen LogP contribution >= 0.6 is 0 Å². The first-order valence-electron chi connectivity index (χ1n) is 13.1. The summed E-state index contributed by atoms with van der Waals surface area (Å²) in [5.74, 6) is 4.35. The molecule has 0 radical (unpaired) electrons. The number of nitrogens with zero attached hydrogens (tertiary/aromatic N) is 1. The van der Waals surface area contributed by atoms with Gasteiger partial charge in [-0.3, -0.25) is 10.1 Å². The van der Waals surface area contributed by atoms with Gasteiger partial charge < -0.3 is 0 Å². The Morgan fingerprint density at radius 3 is 2.50 bits per heavy atom. The van der Waals surface area contributed by atoms with Gasteiger partial charge in [-0.15, -0.1) is 0 Å². The van der Waals surface area contributed by atoms with Crippen LogP contribution in [0.2, 0.25) is 0 Å². The van der Waals surface area contributed by atoms with Crippen molar-refractivity contribution in [2.24, 2.45) is 46.3 Å². The molecule has 3 fully saturated rings. The molecule has 30 heavy (non-hydrogen) atoms. The van der Waals surface area contributed by atoms with E-state index < -0.39 is 0 Å². The van der Waals surface area contributed by atoms with Crippen molar-refractivity contribution >= 4 is 0 Å². The van der Waals surface area contributed by atoms with Crippen molar-refractivity contribution in [1.29, 1.82) is 0 Å². The molecule has 4 aliphatic carbocycles. The van der Waals surface area contributed by atoms with E-state index in [1.807, 2.05) is 0 Å². The Labute approximate surface area is 184 Å². The van der Waals surface area contributed by atoms with E-state index in [0.29, 0.717) is 28.9 Å². The highest BCUT2D eigenvalue weighted by Crippen LogP contribution is 2.68. The van der Waals surface area contributed by atoms with Gasteiger partial charge in [-0.1, -0.05) is 60.3 Å². The Bertz CT molecular complexity index is 697. The SMILES string of the molecule is CC(C)CCC[C@@H](C)[C@@H]1CC[C@@H]2[C@H]3CC([N+](=O)[O-])=C4CCCC[C@]4(C)[C@@H]3CC[C@]21C. The zero-order valence-corrected chi connectivity index (χ0v) is 20.2. The number of hydrogen-bond donors (Lipinski definition) is 0. The Kier molecular flexibility index (Phi) is 6.14. The summed E-state index contributed by atoms with van der Waals surface area (Å²) in [6.07, 6.45) is 14.7. The molecule has 0 saturated heterocycles. The van der Waals surface area contributed by atoms with Crippen LogP contribution in [-0.4, -0.2) is 4.92 Å². The van der Waals surface area contributed by atoms with E-state index in [0.717, 1.165) is 37.0 Å². The van der Waals surface area contributed by atoms with Crippen LogP contribution in [-0.2, 0) is 0 Å². The number of hydrogen-bond acceptors (Lipinski definition) is 2. The monoisotopic (exact) mass is 415 g/mol. The maximum absolute atomic E-state index is 12.1. The number of fused-ring (bicyclic) bond motifs is 5. The highest BCUT2D eigenvalue weighted by molar-refractivity contribution is 5.27. The second kappa shape index (κ2) is 8.24. The zero-order chi connectivity index (χ0) is 21.7. The first-order chi connectivity index (χ1) is 14.2. The summed E-state index contributed by atoms with van der Waals surface area (Å²) in [6.45, 7) is 12.2. The molecule has 4 aliphatic rings. The van der Waals surface area contributed by atoms with Crippen molar-refractivity contribution in [2.45, 2.75) is 112 Å². The van der Waals surface area contributed by atoms with Gasteiger partial charge in [-0.05, 0) is 91.3 Å². The predicted octanol–water partition coefficient (Wildman–Crippen LogP) is 8.02. The van der Waals surface area contributed by atoms with Gasteiger partial charge in [0.15, 0.2) is 0 Å². The van der Waals surface area contributed by atoms with E-state index in [2.05, 4.69) is 34.6 Å². The summed E-state index contributed by atoms with van der Waals surface area (Å²) in [7, 11) is 0. The maximum Gasteiger partial charge on any atom is 0.246 e. The predicted molar refractivity (Wildman–Crippen MR) is 124 cm³/mol. The van der Waals surface area contributed by atoms with E-state index in [4.69, 9.17) is 0 Å². The standard InChI is InChI=1S/C27H45NO2/c1-18(2)9-8-10-19(3)21-12-13-22-20-17-25(28(29)30)24-11-6-7-15-26(24,4)23(20)14-16-27(21,22)5/h18-23H,6-17H2,1-5H3/t19-,20-,21+,22-,23-,26-,27+/m1/s1. The third-order valence-electron chi connectivity index (χ3n) is 10.5. The average Bonchev–Trinajstić information content (AvgIpc) is 3.03. The highest BCUT2D eigenvalue weighted by Gasteiger charge is 2.61. The summed E-state index contributed by atoms with van der Waals surface area (Å²) >= 11 is 0. The molecule has 0 unspecified atom stereocenters. The molecule has 0 spiro atoms. The van der Waals surface area contributed by atoms with E-state index >= 15 is 0 Å². The van der Waals surface area contributed by atoms with Crippen molar-refractivity contribution in [2.75, 3.05) is 0 Å². The van der Waals surface area contributed by atoms with Gasteiger partial charge in [0.25, 0.3) is 0 Å². The minimum atomic E-state index is 0.0159. The lowest BCUT2D eigenvalue weighted by Gasteiger charge is -2.57. The molecule has 0 N–H and O–H groups in total. The van der Waals surface area contributed by atoms with Crippen molar-refractivity contribution < 1.29 is 4.92 Å². The number of nitro groups is 1. The first kappa shape index (κ1) is 22.3. The summed E-state index contributed by atoms with van der Waals surface area (Å²) in [5.41, 5.74) is 2.39. The summed E-state index contributed by atoms with van der Waals surface area (Å²) in [6, 6.07) is 0. The fourth-order valence-corrected chi connectivity index (χ4v) is 9.03. The van der Waals surface area contributed by atoms with Crippen molar-refractivity contribution in [3.8, 4) is 0 Å². The van der Waals surface area contributed by atoms with Gasteiger partial charge in [0, 0.05) is 12.0 Å². The molecule has 3 saturated carbocycles. The van der Waals surface area contributed by atoms with E-state index in [1.165, 1.54) is 63.4 Å². The van der Waals surface area contributed by atoms with Crippen LogP contribution in [0.1, 0.15) is 112 Å². The van der Waals surface area contributed by atoms with Crippen molar-refractivity contribution in [3.63, 3.8) is 0 Å². The van der Waals surface area contributed by atoms with Crippen LogP contribution < -0.4 is 0 Å². The van der Waals surface area contributed by atoms with Crippen LogP contribution in [0.5, 0.6) is 0 Å². The lowest BCUT2D eigenvalue weighted by atomic mass is 9.46. The molecule has 0 aromatic rings. The third kappa shape index (κ3) is 3.56. The van der Waals surface area contributed by atoms with Crippen LogP contribution in [0.15, 0.2) is 11.3 Å². The molecule has 3 nitrogen and oxygen atoms in total. The van der Waals surface area contributed by atoms with Gasteiger partial charge >= 0.3 is 0 Å². The van der Waals surface area contributed by atoms with Crippen LogP contribution in [0.25, 0.3) is 0 Å². The van der Waals surface area contributed by atoms with Crippen LogP contribution in [0, 0.1) is 56.5 Å². The summed E-state index contributed by atoms with van der Waals surface area (Å²) < 4.78 is 0. The van der Waals surface area contributed by atoms with Gasteiger partial charge in [-0.2, -0.15) is 0 Å². The zero-order valence-electron chi connectivity index (χ0n) is 20.2. The largest absolute Gasteiger partial charge is 0.259 e. The number of allylic oxidation sites excluding steroid dienone is 2. The minimum absolute atomic E-state index is 0.0159. The third-order valence-corrected chi connectivity index (χ3v) is 10.5. The van der Waals surface area contributed by atoms with E-state index in [-0.39, 0.29) is 10.3 Å². The normalized spacial score (nSPS) is 41.9. The minimum Gasteiger partial charge on any atom is -0.259 e. The molecule has 0 amide bonds. The molecule has 7 atom stereocenters. The van der Waals surface area contributed by atoms with Gasteiger partial charge in [0.1, 0.15) is 0 Å². The molecule has 4 rings (SSSR count). The quantitative estimate of drug-likeness (QED) is 0.325. The topological polar surface area (TPSA) is 43.1 Å². The maximum atomic E-state index is 12.1. The molecular weight excluding hydrogens is 370 g/mol. The fourth-order valence-electron chi connectivity index (χ4n) is 9.03. The van der Waals surface area contributed by atoms with Crippen LogP contribution in [0.3, 0.4) is 0 Å². The molecule has 0 aromatic heterocycles. The van der Waals surface area contributed by atoms with E-state index in [1.54, 1.807) is 0 Å². The number of rotatable bonds is 6. The summed E-state index contributed by atoms with van der Waals surface area (Å²) in [4.78, 5) is 12.1. The average molecular weight is 416 g/mol. The Hall–Kier alpha value is -0.860. The Morgan fingerprint density at radius 2 is 1.80 bits per heavy atom. The highest BCUT2D eigenvalue weighted by atomic mass is 16.6. The van der Waals surface area contributed by atoms with Gasteiger partial charge in [0.2, 0.25) is 5.70 Å². The van der Waals surface area contributed by atoms with Gasteiger partial charge in [0.05, 0.1) is 4.92 Å². The Morgan fingerprint density at radius 1 is 1.03 bits per heavy atom. The smallest absolute Gasteiger partial charge is 0.246 e. The summed E-state index contributed by atoms with van der Waals surface area (Å²) in [5, 5.41) is 12.1. The van der Waals surface area contributed by atoms with Gasteiger partial charge in [-0.25, -0.2) is 0 Å². The van der Waals surface area contributed by atoms with E-state index in [9.17, 15) is 10.1 Å². The molecular formula is C27H45NO2. The first-order valence-corrected chi connectivity index (χ1v) is 13.1. The Balaban J connectivity index is 1.57. The second-order valence-electron chi connectivity index (χ2n) is 12.4. The lowest BCUT2D eigenvalue weighted by molar-refractivity contribution is -0.434. The molecule has 0 aromatic carbocycles.